The number of fused-ring (bicyclic) bond motifs is 10. The quantitative estimate of drug-likeness (QED) is 0.0245. The van der Waals surface area contributed by atoms with Gasteiger partial charge >= 0.3 is 7.82 Å². The van der Waals surface area contributed by atoms with Crippen LogP contribution in [0.1, 0.15) is 178 Å². The third kappa shape index (κ3) is 17.0. The second-order valence-corrected chi connectivity index (χ2v) is 31.0. The van der Waals surface area contributed by atoms with Gasteiger partial charge in [0.1, 0.15) is 0 Å². The molecule has 8 fully saturated rings. The molecule has 23 heteroatoms. The maximum atomic E-state index is 12.2. The summed E-state index contributed by atoms with van der Waals surface area (Å²) in [7, 11) is 5.16. The average molecular weight is 1220 g/mol. The molecular weight excluding hydrogens is 1110 g/mol. The number of hydrogen-bond donors (Lipinski definition) is 6. The van der Waals surface area contributed by atoms with Gasteiger partial charge in [0.15, 0.2) is 0 Å². The molecule has 8 rings (SSSR count). The minimum Gasteiger partial charge on any atom is -0.756 e. The van der Waals surface area contributed by atoms with E-state index in [0.717, 1.165) is 63.7 Å². The Balaban J connectivity index is 0.000000266. The van der Waals surface area contributed by atoms with Crippen LogP contribution in [0.5, 0.6) is 0 Å². The zero-order chi connectivity index (χ0) is 61.8. The third-order valence-electron chi connectivity index (χ3n) is 23.5. The number of aliphatic hydroxyl groups is 5. The Labute approximate surface area is 510 Å². The topological polar surface area (TPSA) is 252 Å². The van der Waals surface area contributed by atoms with Crippen LogP contribution < -0.4 is 4.89 Å². The number of phosphoric acid groups is 2. The fraction of sp³-hybridized carbons (Fsp3) is 1.00. The van der Waals surface area contributed by atoms with E-state index < -0.39 is 28.6 Å². The molecule has 17 nitrogen and oxygen atoms in total. The van der Waals surface area contributed by atoms with Gasteiger partial charge in [0.2, 0.25) is 0 Å². The van der Waals surface area contributed by atoms with E-state index in [1.165, 1.54) is 51.4 Å². The first-order valence-corrected chi connectivity index (χ1v) is 35.8. The van der Waals surface area contributed by atoms with E-state index >= 15 is 0 Å². The Morgan fingerprint density at radius 2 is 0.952 bits per heavy atom. The largest absolute Gasteiger partial charge is 0.756 e. The summed E-state index contributed by atoms with van der Waals surface area (Å²) in [6.45, 7) is 21.2. The Kier molecular flexibility index (Phi) is 28.4. The summed E-state index contributed by atoms with van der Waals surface area (Å²) in [6, 6.07) is 0. The molecule has 8 aliphatic rings. The van der Waals surface area contributed by atoms with Crippen molar-refractivity contribution in [2.75, 3.05) is 79.3 Å². The maximum Gasteiger partial charge on any atom is 0.472 e. The smallest absolute Gasteiger partial charge is 0.472 e. The Morgan fingerprint density at radius 3 is 1.45 bits per heavy atom. The van der Waals surface area contributed by atoms with E-state index in [1.54, 1.807) is 0 Å². The van der Waals surface area contributed by atoms with Crippen molar-refractivity contribution < 1.29 is 81.5 Å². The minimum atomic E-state index is -4.55. The SMILES string of the molecule is CCC[C@@H](C)[C@H]1CC[C@H]2[C@@H]3[C@H](OCCO)C[C@@H]4C[C@H](C)CC[C@]4(C)[C@H]3C[C@H](OCCO)[C@]12C.CCC[C@@H](C)[C@H]1CC[C@H]2[C@@H]3[C@H](OCCOP(=O)([O-])OCCO)C[C@@H]4C[C@H](O)CC[C@]4(C)[C@H]3C[C@H](OCCOP(=O)(O)OCCO)[C@]12C.[B]B([B])[B]. The highest BCUT2D eigenvalue weighted by Crippen LogP contribution is 2.71. The molecule has 0 aliphatic heterocycles. The lowest BCUT2D eigenvalue weighted by molar-refractivity contribution is -0.234. The molecule has 480 valence electrons. The average Bonchev–Trinajstić information content (AvgIpc) is 1.50. The number of phosphoric ester groups is 2. The van der Waals surface area contributed by atoms with Crippen molar-refractivity contribution >= 4 is 45.2 Å². The summed E-state index contributed by atoms with van der Waals surface area (Å²) in [6.07, 6.45) is 18.8. The Morgan fingerprint density at radius 1 is 0.548 bits per heavy atom. The molecule has 2 unspecified atom stereocenters. The molecule has 24 atom stereocenters. The van der Waals surface area contributed by atoms with Gasteiger partial charge in [0, 0.05) is 40.4 Å². The van der Waals surface area contributed by atoms with Crippen LogP contribution in [-0.4, -0.2) is 170 Å². The highest BCUT2D eigenvalue weighted by Gasteiger charge is 2.68. The first kappa shape index (κ1) is 73.2. The molecule has 6 radical (unpaired) electrons. The van der Waals surface area contributed by atoms with Gasteiger partial charge in [0.25, 0.3) is 7.82 Å². The lowest BCUT2D eigenvalue weighted by Gasteiger charge is -2.64. The summed E-state index contributed by atoms with van der Waals surface area (Å²) in [5.41, 5.74) is 0.293. The molecule has 0 aromatic heterocycles. The van der Waals surface area contributed by atoms with Crippen molar-refractivity contribution in [1.82, 2.24) is 0 Å². The first-order chi connectivity index (χ1) is 39.8. The normalized spacial score (nSPS) is 41.6. The van der Waals surface area contributed by atoms with E-state index in [-0.39, 0.29) is 130 Å². The van der Waals surface area contributed by atoms with E-state index in [1.807, 2.05) is 0 Å². The van der Waals surface area contributed by atoms with Crippen LogP contribution in [0.15, 0.2) is 0 Å². The van der Waals surface area contributed by atoms with Gasteiger partial charge in [-0.15, -0.1) is 0 Å². The minimum absolute atomic E-state index is 0.0331. The van der Waals surface area contributed by atoms with Crippen LogP contribution in [0.2, 0.25) is 0 Å². The molecule has 0 saturated heterocycles. The summed E-state index contributed by atoms with van der Waals surface area (Å²) < 4.78 is 70.2. The number of hydrogen-bond acceptors (Lipinski definition) is 16. The molecule has 6 N–H and O–H groups in total. The summed E-state index contributed by atoms with van der Waals surface area (Å²) in [5, 5.41) is 47.8. The lowest BCUT2D eigenvalue weighted by Crippen LogP contribution is -2.63. The molecule has 8 aliphatic carbocycles. The fourth-order valence-corrected chi connectivity index (χ4v) is 21.4. The standard InChI is InChI=1S/C32H60O13P2.C29H52O4.B4/c1-5-6-22(2)25-7-8-26-30-27(21-29(32(25,26)4)41-16-18-45-47(38,39)43-14-12-34)31(3)10-9-24(35)19-23(31)20-28(30)40-15-17-44-46(36,37)42-13-11-33;1-6-7-20(3)22-8-9-23-27-24(18-26(29(22,23)5)33-15-13-31)28(4)11-10-19(2)16-21(28)17-25(27)32-14-12-30;1-4(2)3/h22-30,33-35H,5-21H2,1-4H3,(H,36,37)(H,38,39);19-27,30-31H,6-18H2,1-5H3;/p-1/t22-,23+,24-,25-,26+,27+,28-,29+,30+,31+,32-;19-,20-,21+,22-,23+,24+,25-,26+,27+,28+,29-;/m11./s1. The second kappa shape index (κ2) is 32.6. The molecule has 0 aromatic rings. The van der Waals surface area contributed by atoms with Crippen LogP contribution in [0.25, 0.3) is 0 Å². The summed E-state index contributed by atoms with van der Waals surface area (Å²) in [5.74, 6) is 6.56. The van der Waals surface area contributed by atoms with E-state index in [9.17, 15) is 34.2 Å². The molecule has 0 heterocycles. The Bertz CT molecular complexity index is 2060. The van der Waals surface area contributed by atoms with Gasteiger partial charge in [-0.2, -0.15) is 0 Å². The number of aliphatic hydroxyl groups excluding tert-OH is 5. The number of rotatable bonds is 28. The van der Waals surface area contributed by atoms with Crippen molar-refractivity contribution in [3.8, 4) is 0 Å². The maximum absolute atomic E-state index is 12.2. The monoisotopic (exact) mass is 1220 g/mol. The first-order valence-electron chi connectivity index (χ1n) is 32.8. The Hall–Kier alpha value is 0.120. The second-order valence-electron chi connectivity index (χ2n) is 28.1. The van der Waals surface area contributed by atoms with Crippen LogP contribution in [-0.2, 0) is 46.2 Å². The predicted octanol–water partition coefficient (Wildman–Crippen LogP) is 8.22. The van der Waals surface area contributed by atoms with Crippen LogP contribution in [0.4, 0.5) is 0 Å². The fourth-order valence-electron chi connectivity index (χ4n) is 20.0. The van der Waals surface area contributed by atoms with Gasteiger partial charge in [0.05, 0.1) is 110 Å². The van der Waals surface area contributed by atoms with Crippen LogP contribution >= 0.6 is 15.6 Å². The zero-order valence-electron chi connectivity index (χ0n) is 53.0. The molecule has 8 saturated carbocycles. The van der Waals surface area contributed by atoms with Crippen molar-refractivity contribution in [1.29, 1.82) is 0 Å². The number of ether oxygens (including phenoxy) is 4. The molecule has 0 aromatic carbocycles. The lowest BCUT2D eigenvalue weighted by atomic mass is 9.08. The highest BCUT2D eigenvalue weighted by atomic mass is 31.2. The van der Waals surface area contributed by atoms with Crippen molar-refractivity contribution in [3.05, 3.63) is 0 Å². The van der Waals surface area contributed by atoms with Crippen LogP contribution in [0, 0.1) is 98.6 Å². The predicted molar refractivity (Wildman–Crippen MR) is 327 cm³/mol. The molecule has 0 amide bonds. The molecule has 0 bridgehead atoms. The van der Waals surface area contributed by atoms with Gasteiger partial charge in [-0.3, -0.25) is 13.6 Å². The summed E-state index contributed by atoms with van der Waals surface area (Å²) in [4.78, 5) is 22.0. The highest BCUT2D eigenvalue weighted by molar-refractivity contribution is 7.49. The van der Waals surface area contributed by atoms with E-state index in [0.29, 0.717) is 72.4 Å². The molecule has 84 heavy (non-hydrogen) atoms. The molecule has 0 spiro atoms. The van der Waals surface area contributed by atoms with E-state index in [2.05, 4.69) is 90.0 Å². The van der Waals surface area contributed by atoms with Crippen molar-refractivity contribution in [2.45, 2.75) is 208 Å². The third-order valence-corrected chi connectivity index (χ3v) is 25.6. The van der Waals surface area contributed by atoms with Crippen molar-refractivity contribution in [3.63, 3.8) is 0 Å². The van der Waals surface area contributed by atoms with Crippen molar-refractivity contribution in [2.24, 2.45) is 98.6 Å². The van der Waals surface area contributed by atoms with Gasteiger partial charge in [-0.1, -0.05) is 94.4 Å². The molecular formula is C61H111B4O17P2-. The summed E-state index contributed by atoms with van der Waals surface area (Å²) >= 11 is 0. The van der Waals surface area contributed by atoms with Gasteiger partial charge in [-0.05, 0) is 171 Å². The van der Waals surface area contributed by atoms with Gasteiger partial charge in [-0.25, -0.2) is 4.57 Å². The van der Waals surface area contributed by atoms with Crippen LogP contribution in [0.3, 0.4) is 0 Å². The zero-order valence-corrected chi connectivity index (χ0v) is 54.8. The van der Waals surface area contributed by atoms with E-state index in [4.69, 9.17) is 42.7 Å². The van der Waals surface area contributed by atoms with Gasteiger partial charge < -0.3 is 63.3 Å².